The summed E-state index contributed by atoms with van der Waals surface area (Å²) in [5.41, 5.74) is 0.507. The molecular formula is C14H16ClFN2O. The van der Waals surface area contributed by atoms with Crippen molar-refractivity contribution in [2.24, 2.45) is 0 Å². The van der Waals surface area contributed by atoms with Crippen LogP contribution in [0, 0.1) is 5.82 Å². The molecule has 0 saturated heterocycles. The van der Waals surface area contributed by atoms with Gasteiger partial charge in [0.2, 0.25) is 0 Å². The van der Waals surface area contributed by atoms with Gasteiger partial charge < -0.3 is 9.67 Å². The third-order valence-electron chi connectivity index (χ3n) is 2.97. The summed E-state index contributed by atoms with van der Waals surface area (Å²) in [6, 6.07) is 4.34. The quantitative estimate of drug-likeness (QED) is 0.913. The molecule has 0 aliphatic rings. The highest BCUT2D eigenvalue weighted by Gasteiger charge is 2.14. The second-order valence-electron chi connectivity index (χ2n) is 4.43. The van der Waals surface area contributed by atoms with Crippen molar-refractivity contribution in [1.29, 1.82) is 0 Å². The molecule has 0 bridgehead atoms. The van der Waals surface area contributed by atoms with Crippen LogP contribution in [0.25, 0.3) is 0 Å². The molecular weight excluding hydrogens is 267 g/mol. The molecule has 1 atom stereocenters. The number of halogens is 2. The molecule has 0 spiro atoms. The minimum atomic E-state index is -0.787. The normalized spacial score (nSPS) is 12.6. The van der Waals surface area contributed by atoms with E-state index in [4.69, 9.17) is 11.6 Å². The zero-order valence-corrected chi connectivity index (χ0v) is 11.4. The second kappa shape index (κ2) is 6.17. The van der Waals surface area contributed by atoms with Gasteiger partial charge in [-0.25, -0.2) is 9.37 Å². The number of benzene rings is 1. The maximum absolute atomic E-state index is 13.4. The van der Waals surface area contributed by atoms with Crippen molar-refractivity contribution in [3.63, 3.8) is 0 Å². The van der Waals surface area contributed by atoms with E-state index in [2.05, 4.69) is 11.9 Å². The summed E-state index contributed by atoms with van der Waals surface area (Å²) in [5.74, 6) is 0.278. The molecule has 0 aliphatic carbocycles. The molecule has 0 radical (unpaired) electrons. The van der Waals surface area contributed by atoms with Crippen LogP contribution in [-0.4, -0.2) is 14.7 Å². The Morgan fingerprint density at radius 2 is 2.26 bits per heavy atom. The highest BCUT2D eigenvalue weighted by molar-refractivity contribution is 6.30. The first-order valence-corrected chi connectivity index (χ1v) is 6.62. The molecule has 1 aromatic heterocycles. The van der Waals surface area contributed by atoms with Crippen molar-refractivity contribution in [2.75, 3.05) is 0 Å². The molecule has 1 N–H and O–H groups in total. The molecule has 5 heteroatoms. The van der Waals surface area contributed by atoms with Crippen molar-refractivity contribution in [1.82, 2.24) is 9.55 Å². The molecule has 1 heterocycles. The average Bonchev–Trinajstić information content (AvgIpc) is 2.80. The van der Waals surface area contributed by atoms with Gasteiger partial charge in [-0.05, 0) is 24.1 Å². The van der Waals surface area contributed by atoms with Crippen LogP contribution < -0.4 is 0 Å². The molecule has 19 heavy (non-hydrogen) atoms. The molecule has 1 unspecified atom stereocenters. The fourth-order valence-electron chi connectivity index (χ4n) is 1.98. The Hall–Kier alpha value is -1.39. The minimum Gasteiger partial charge on any atom is -0.388 e. The highest BCUT2D eigenvalue weighted by Crippen LogP contribution is 2.22. The first-order valence-electron chi connectivity index (χ1n) is 6.24. The van der Waals surface area contributed by atoms with Gasteiger partial charge in [0.1, 0.15) is 11.6 Å². The van der Waals surface area contributed by atoms with Crippen molar-refractivity contribution in [2.45, 2.75) is 32.4 Å². The summed E-state index contributed by atoms with van der Waals surface area (Å²) in [5, 5.41) is 10.2. The predicted octanol–water partition coefficient (Wildman–Crippen LogP) is 3.36. The number of imidazole rings is 1. The Kier molecular flexibility index (Phi) is 4.56. The monoisotopic (exact) mass is 282 g/mol. The zero-order valence-electron chi connectivity index (χ0n) is 10.7. The molecule has 3 nitrogen and oxygen atoms in total. The standard InChI is InChI=1S/C14H16ClFN2O/c1-2-6-18-7-5-17-14(18)9-13(19)10-3-4-11(15)12(16)8-10/h3-5,7-8,13,19H,2,6,9H2,1H3. The van der Waals surface area contributed by atoms with Crippen LogP contribution in [0.1, 0.15) is 30.8 Å². The lowest BCUT2D eigenvalue weighted by Crippen LogP contribution is -2.09. The van der Waals surface area contributed by atoms with Gasteiger partial charge in [-0.3, -0.25) is 0 Å². The third-order valence-corrected chi connectivity index (χ3v) is 3.28. The Labute approximate surface area is 116 Å². The maximum atomic E-state index is 13.4. The summed E-state index contributed by atoms with van der Waals surface area (Å²) in [6.07, 6.45) is 4.15. The van der Waals surface area contributed by atoms with E-state index in [0.717, 1.165) is 18.8 Å². The van der Waals surface area contributed by atoms with E-state index in [9.17, 15) is 9.50 Å². The second-order valence-corrected chi connectivity index (χ2v) is 4.84. The molecule has 0 aliphatic heterocycles. The maximum Gasteiger partial charge on any atom is 0.142 e. The number of aliphatic hydroxyl groups is 1. The van der Waals surface area contributed by atoms with E-state index in [0.29, 0.717) is 12.0 Å². The first kappa shape index (κ1) is 14.0. The highest BCUT2D eigenvalue weighted by atomic mass is 35.5. The van der Waals surface area contributed by atoms with Gasteiger partial charge >= 0.3 is 0 Å². The van der Waals surface area contributed by atoms with E-state index in [1.807, 2.05) is 10.8 Å². The number of aromatic nitrogens is 2. The van der Waals surface area contributed by atoms with Crippen LogP contribution in [0.3, 0.4) is 0 Å². The van der Waals surface area contributed by atoms with Gasteiger partial charge in [0.25, 0.3) is 0 Å². The van der Waals surface area contributed by atoms with E-state index in [1.165, 1.54) is 12.1 Å². The number of rotatable bonds is 5. The summed E-state index contributed by atoms with van der Waals surface area (Å²) in [6.45, 7) is 2.94. The molecule has 2 rings (SSSR count). The fraction of sp³-hybridized carbons (Fsp3) is 0.357. The summed E-state index contributed by atoms with van der Waals surface area (Å²) in [4.78, 5) is 4.22. The number of hydrogen-bond donors (Lipinski definition) is 1. The number of aryl methyl sites for hydroxylation is 1. The first-order chi connectivity index (χ1) is 9.11. The van der Waals surface area contributed by atoms with E-state index >= 15 is 0 Å². The largest absolute Gasteiger partial charge is 0.388 e. The van der Waals surface area contributed by atoms with E-state index in [1.54, 1.807) is 12.3 Å². The van der Waals surface area contributed by atoms with Crippen LogP contribution in [-0.2, 0) is 13.0 Å². The smallest absolute Gasteiger partial charge is 0.142 e. The van der Waals surface area contributed by atoms with Crippen molar-refractivity contribution >= 4 is 11.6 Å². The molecule has 0 fully saturated rings. The van der Waals surface area contributed by atoms with E-state index in [-0.39, 0.29) is 5.02 Å². The Morgan fingerprint density at radius 1 is 1.47 bits per heavy atom. The Bertz CT molecular complexity index is 556. The van der Waals surface area contributed by atoms with Crippen LogP contribution >= 0.6 is 11.6 Å². The summed E-state index contributed by atoms with van der Waals surface area (Å²) in [7, 11) is 0. The molecule has 102 valence electrons. The van der Waals surface area contributed by atoms with Gasteiger partial charge in [-0.1, -0.05) is 24.6 Å². The lowest BCUT2D eigenvalue weighted by molar-refractivity contribution is 0.174. The fourth-order valence-corrected chi connectivity index (χ4v) is 2.10. The molecule has 0 saturated carbocycles. The topological polar surface area (TPSA) is 38.0 Å². The van der Waals surface area contributed by atoms with Gasteiger partial charge in [0.15, 0.2) is 0 Å². The van der Waals surface area contributed by atoms with Gasteiger partial charge in [0.05, 0.1) is 11.1 Å². The third kappa shape index (κ3) is 3.33. The van der Waals surface area contributed by atoms with E-state index < -0.39 is 11.9 Å². The van der Waals surface area contributed by atoms with Crippen LogP contribution in [0.5, 0.6) is 0 Å². The van der Waals surface area contributed by atoms with Crippen molar-refractivity contribution < 1.29 is 9.50 Å². The van der Waals surface area contributed by atoms with Gasteiger partial charge in [-0.15, -0.1) is 0 Å². The lowest BCUT2D eigenvalue weighted by Gasteiger charge is -2.12. The summed E-state index contributed by atoms with van der Waals surface area (Å²) < 4.78 is 15.4. The Morgan fingerprint density at radius 3 is 2.95 bits per heavy atom. The van der Waals surface area contributed by atoms with Crippen molar-refractivity contribution in [3.05, 3.63) is 52.8 Å². The molecule has 1 aromatic carbocycles. The van der Waals surface area contributed by atoms with Gasteiger partial charge in [-0.2, -0.15) is 0 Å². The molecule has 2 aromatic rings. The zero-order chi connectivity index (χ0) is 13.8. The van der Waals surface area contributed by atoms with Crippen LogP contribution in [0.15, 0.2) is 30.6 Å². The van der Waals surface area contributed by atoms with Crippen LogP contribution in [0.2, 0.25) is 5.02 Å². The number of nitrogens with zero attached hydrogens (tertiary/aromatic N) is 2. The van der Waals surface area contributed by atoms with Gasteiger partial charge in [0, 0.05) is 25.4 Å². The summed E-state index contributed by atoms with van der Waals surface area (Å²) >= 11 is 5.62. The van der Waals surface area contributed by atoms with Crippen LogP contribution in [0.4, 0.5) is 4.39 Å². The number of hydrogen-bond acceptors (Lipinski definition) is 2. The predicted molar refractivity (Wildman–Crippen MR) is 72.6 cm³/mol. The number of aliphatic hydroxyl groups excluding tert-OH is 1. The SMILES string of the molecule is CCCn1ccnc1CC(O)c1ccc(Cl)c(F)c1. The average molecular weight is 283 g/mol. The van der Waals surface area contributed by atoms with Crippen molar-refractivity contribution in [3.8, 4) is 0 Å². The molecule has 0 amide bonds. The Balaban J connectivity index is 2.13. The minimum absolute atomic E-state index is 0.0587. The lowest BCUT2D eigenvalue weighted by atomic mass is 10.1.